The van der Waals surface area contributed by atoms with E-state index in [1.165, 1.54) is 7.11 Å². The van der Waals surface area contributed by atoms with Crippen molar-refractivity contribution in [3.05, 3.63) is 17.1 Å². The van der Waals surface area contributed by atoms with Gasteiger partial charge in [-0.1, -0.05) is 0 Å². The molecule has 2 N–H and O–H groups in total. The van der Waals surface area contributed by atoms with Crippen LogP contribution in [0.2, 0.25) is 0 Å². The molecule has 1 aromatic heterocycles. The molecular weight excluding hydrogens is 210 g/mol. The van der Waals surface area contributed by atoms with Gasteiger partial charge in [0, 0.05) is 7.11 Å². The Hall–Kier alpha value is -1.69. The Labute approximate surface area is 93.8 Å². The third-order valence-corrected chi connectivity index (χ3v) is 1.92. The van der Waals surface area contributed by atoms with Crippen LogP contribution in [0, 0.1) is 6.92 Å². The molecule has 0 aliphatic rings. The second-order valence-corrected chi connectivity index (χ2v) is 3.14. The van der Waals surface area contributed by atoms with Gasteiger partial charge in [-0.15, -0.1) is 0 Å². The number of nitrogens with zero attached hydrogens (tertiary/aromatic N) is 2. The van der Waals surface area contributed by atoms with Crippen molar-refractivity contribution in [2.24, 2.45) is 0 Å². The van der Waals surface area contributed by atoms with E-state index in [0.29, 0.717) is 11.5 Å². The summed E-state index contributed by atoms with van der Waals surface area (Å²) in [5.41, 5.74) is 6.40. The molecule has 6 heteroatoms. The van der Waals surface area contributed by atoms with Gasteiger partial charge in [0.25, 0.3) is 0 Å². The third-order valence-electron chi connectivity index (χ3n) is 1.92. The van der Waals surface area contributed by atoms with E-state index in [1.807, 2.05) is 0 Å². The van der Waals surface area contributed by atoms with Gasteiger partial charge in [0.1, 0.15) is 18.0 Å². The molecule has 0 saturated heterocycles. The van der Waals surface area contributed by atoms with E-state index in [4.69, 9.17) is 15.2 Å². The van der Waals surface area contributed by atoms with Crippen LogP contribution in [0.4, 0.5) is 5.82 Å². The summed E-state index contributed by atoms with van der Waals surface area (Å²) in [6.45, 7) is 3.96. The SMILES string of the molecule is CCOC(=O)c1c(C)nc(COC)nc1N. The number of esters is 1. The monoisotopic (exact) mass is 225 g/mol. The molecule has 0 aromatic carbocycles. The van der Waals surface area contributed by atoms with Crippen LogP contribution in [0.5, 0.6) is 0 Å². The largest absolute Gasteiger partial charge is 0.462 e. The Kier molecular flexibility index (Phi) is 4.19. The molecule has 0 unspecified atom stereocenters. The number of aryl methyl sites for hydroxylation is 1. The van der Waals surface area contributed by atoms with Crippen LogP contribution in [0.1, 0.15) is 28.8 Å². The van der Waals surface area contributed by atoms with Crippen molar-refractivity contribution in [1.29, 1.82) is 0 Å². The van der Waals surface area contributed by atoms with Crippen LogP contribution in [-0.4, -0.2) is 29.7 Å². The smallest absolute Gasteiger partial charge is 0.343 e. The van der Waals surface area contributed by atoms with Crippen molar-refractivity contribution in [1.82, 2.24) is 9.97 Å². The molecule has 0 bridgehead atoms. The lowest BCUT2D eigenvalue weighted by Crippen LogP contribution is -2.14. The molecule has 0 radical (unpaired) electrons. The van der Waals surface area contributed by atoms with Crippen molar-refractivity contribution >= 4 is 11.8 Å². The number of methoxy groups -OCH3 is 1. The van der Waals surface area contributed by atoms with Crippen molar-refractivity contribution in [3.8, 4) is 0 Å². The number of aromatic nitrogens is 2. The standard InChI is InChI=1S/C10H15N3O3/c1-4-16-10(14)8-6(2)12-7(5-15-3)13-9(8)11/h4-5H2,1-3H3,(H2,11,12,13). The zero-order valence-electron chi connectivity index (χ0n) is 9.61. The van der Waals surface area contributed by atoms with Crippen molar-refractivity contribution < 1.29 is 14.3 Å². The highest BCUT2D eigenvalue weighted by atomic mass is 16.5. The molecule has 16 heavy (non-hydrogen) atoms. The number of rotatable bonds is 4. The van der Waals surface area contributed by atoms with Gasteiger partial charge in [-0.25, -0.2) is 14.8 Å². The van der Waals surface area contributed by atoms with Crippen LogP contribution >= 0.6 is 0 Å². The normalized spacial score (nSPS) is 10.2. The molecule has 1 rings (SSSR count). The van der Waals surface area contributed by atoms with E-state index < -0.39 is 5.97 Å². The number of nitrogen functional groups attached to an aromatic ring is 1. The van der Waals surface area contributed by atoms with E-state index in [1.54, 1.807) is 13.8 Å². The van der Waals surface area contributed by atoms with Crippen molar-refractivity contribution in [3.63, 3.8) is 0 Å². The molecule has 0 amide bonds. The average Bonchev–Trinajstić information content (AvgIpc) is 2.17. The number of hydrogen-bond acceptors (Lipinski definition) is 6. The second kappa shape index (κ2) is 5.41. The molecule has 0 saturated carbocycles. The number of carbonyl (C=O) groups excluding carboxylic acids is 1. The average molecular weight is 225 g/mol. The van der Waals surface area contributed by atoms with Gasteiger partial charge in [0.05, 0.1) is 12.3 Å². The summed E-state index contributed by atoms with van der Waals surface area (Å²) in [5, 5.41) is 0. The van der Waals surface area contributed by atoms with Crippen molar-refractivity contribution in [2.45, 2.75) is 20.5 Å². The predicted octanol–water partition coefficient (Wildman–Crippen LogP) is 0.690. The molecule has 1 heterocycles. The highest BCUT2D eigenvalue weighted by molar-refractivity contribution is 5.95. The Balaban J connectivity index is 3.07. The quantitative estimate of drug-likeness (QED) is 0.758. The lowest BCUT2D eigenvalue weighted by molar-refractivity contribution is 0.0525. The van der Waals surface area contributed by atoms with E-state index in [2.05, 4.69) is 9.97 Å². The van der Waals surface area contributed by atoms with E-state index in [-0.39, 0.29) is 24.6 Å². The maximum absolute atomic E-state index is 11.5. The summed E-state index contributed by atoms with van der Waals surface area (Å²) in [7, 11) is 1.54. The first kappa shape index (κ1) is 12.4. The number of anilines is 1. The molecule has 6 nitrogen and oxygen atoms in total. The fourth-order valence-corrected chi connectivity index (χ4v) is 1.30. The van der Waals surface area contributed by atoms with Crippen LogP contribution in [-0.2, 0) is 16.1 Å². The first-order chi connectivity index (χ1) is 7.60. The van der Waals surface area contributed by atoms with E-state index in [0.717, 1.165) is 0 Å². The van der Waals surface area contributed by atoms with Gasteiger partial charge < -0.3 is 15.2 Å². The molecule has 0 aliphatic carbocycles. The minimum atomic E-state index is -0.499. The zero-order valence-corrected chi connectivity index (χ0v) is 9.61. The third kappa shape index (κ3) is 2.66. The van der Waals surface area contributed by atoms with Gasteiger partial charge in [-0.3, -0.25) is 0 Å². The lowest BCUT2D eigenvalue weighted by atomic mass is 10.2. The van der Waals surface area contributed by atoms with Crippen LogP contribution in [0.15, 0.2) is 0 Å². The summed E-state index contributed by atoms with van der Waals surface area (Å²) < 4.78 is 9.75. The highest BCUT2D eigenvalue weighted by Gasteiger charge is 2.17. The molecular formula is C10H15N3O3. The van der Waals surface area contributed by atoms with Crippen LogP contribution in [0.3, 0.4) is 0 Å². The molecule has 0 aliphatic heterocycles. The Morgan fingerprint density at radius 3 is 2.62 bits per heavy atom. The molecule has 0 fully saturated rings. The number of nitrogens with two attached hydrogens (primary N) is 1. The minimum absolute atomic E-state index is 0.123. The summed E-state index contributed by atoms with van der Waals surface area (Å²) >= 11 is 0. The summed E-state index contributed by atoms with van der Waals surface area (Å²) in [4.78, 5) is 19.6. The molecule has 0 spiro atoms. The maximum Gasteiger partial charge on any atom is 0.343 e. The molecule has 88 valence electrons. The van der Waals surface area contributed by atoms with E-state index >= 15 is 0 Å². The highest BCUT2D eigenvalue weighted by Crippen LogP contribution is 2.14. The zero-order chi connectivity index (χ0) is 12.1. The molecule has 1 aromatic rings. The number of hydrogen-bond donors (Lipinski definition) is 1. The van der Waals surface area contributed by atoms with Crippen molar-refractivity contribution in [2.75, 3.05) is 19.5 Å². The van der Waals surface area contributed by atoms with Crippen LogP contribution < -0.4 is 5.73 Å². The van der Waals surface area contributed by atoms with Gasteiger partial charge in [-0.2, -0.15) is 0 Å². The first-order valence-corrected chi connectivity index (χ1v) is 4.89. The number of carbonyl (C=O) groups is 1. The summed E-state index contributed by atoms with van der Waals surface area (Å²) in [6.07, 6.45) is 0. The van der Waals surface area contributed by atoms with Gasteiger partial charge in [0.15, 0.2) is 5.82 Å². The molecule has 0 atom stereocenters. The fraction of sp³-hybridized carbons (Fsp3) is 0.500. The predicted molar refractivity (Wildman–Crippen MR) is 57.9 cm³/mol. The first-order valence-electron chi connectivity index (χ1n) is 4.89. The van der Waals surface area contributed by atoms with Gasteiger partial charge >= 0.3 is 5.97 Å². The minimum Gasteiger partial charge on any atom is -0.462 e. The van der Waals surface area contributed by atoms with Crippen LogP contribution in [0.25, 0.3) is 0 Å². The van der Waals surface area contributed by atoms with Gasteiger partial charge in [-0.05, 0) is 13.8 Å². The number of ether oxygens (including phenoxy) is 2. The summed E-state index contributed by atoms with van der Waals surface area (Å²) in [5.74, 6) is 0.0741. The lowest BCUT2D eigenvalue weighted by Gasteiger charge is -2.08. The Morgan fingerprint density at radius 1 is 1.44 bits per heavy atom. The maximum atomic E-state index is 11.5. The summed E-state index contributed by atoms with van der Waals surface area (Å²) in [6, 6.07) is 0. The topological polar surface area (TPSA) is 87.3 Å². The Morgan fingerprint density at radius 2 is 2.12 bits per heavy atom. The van der Waals surface area contributed by atoms with E-state index in [9.17, 15) is 4.79 Å². The fourth-order valence-electron chi connectivity index (χ4n) is 1.30. The second-order valence-electron chi connectivity index (χ2n) is 3.14. The Bertz CT molecular complexity index is 370. The van der Waals surface area contributed by atoms with Gasteiger partial charge in [0.2, 0.25) is 0 Å².